The summed E-state index contributed by atoms with van der Waals surface area (Å²) in [4.78, 5) is 12.4. The summed E-state index contributed by atoms with van der Waals surface area (Å²) < 4.78 is 26.2. The highest BCUT2D eigenvalue weighted by molar-refractivity contribution is 7.92. The normalized spacial score (nSPS) is 11.2. The molecule has 0 fully saturated rings. The van der Waals surface area contributed by atoms with Gasteiger partial charge in [0.15, 0.2) is 0 Å². The van der Waals surface area contributed by atoms with Crippen molar-refractivity contribution >= 4 is 21.6 Å². The Kier molecular flexibility index (Phi) is 7.70. The lowest BCUT2D eigenvalue weighted by atomic mass is 10.1. The fraction of sp³-hybridized carbons (Fsp3) is 0.269. The Morgan fingerprint density at radius 2 is 1.56 bits per heavy atom. The van der Waals surface area contributed by atoms with E-state index in [1.807, 2.05) is 50.2 Å². The highest BCUT2D eigenvalue weighted by Gasteiger charge is 2.18. The first-order valence-corrected chi connectivity index (χ1v) is 12.5. The maximum atomic E-state index is 12.4. The van der Waals surface area contributed by atoms with Gasteiger partial charge in [-0.15, -0.1) is 0 Å². The molecule has 0 bridgehead atoms. The van der Waals surface area contributed by atoms with E-state index in [9.17, 15) is 13.2 Å². The largest absolute Gasteiger partial charge is 0.352 e. The summed E-state index contributed by atoms with van der Waals surface area (Å²) >= 11 is 0. The second-order valence-corrected chi connectivity index (χ2v) is 9.99. The molecule has 6 heteroatoms. The van der Waals surface area contributed by atoms with Gasteiger partial charge >= 0.3 is 0 Å². The van der Waals surface area contributed by atoms with Gasteiger partial charge in [0, 0.05) is 12.1 Å². The number of amides is 1. The van der Waals surface area contributed by atoms with Crippen LogP contribution in [-0.4, -0.2) is 27.1 Å². The Morgan fingerprint density at radius 1 is 0.875 bits per heavy atom. The Labute approximate surface area is 191 Å². The Hall–Kier alpha value is -3.12. The number of rotatable bonds is 9. The van der Waals surface area contributed by atoms with Crippen molar-refractivity contribution in [2.75, 3.05) is 17.1 Å². The van der Waals surface area contributed by atoms with Crippen LogP contribution >= 0.6 is 0 Å². The molecule has 0 aromatic heterocycles. The molecule has 3 aromatic rings. The maximum Gasteiger partial charge on any atom is 0.251 e. The van der Waals surface area contributed by atoms with Gasteiger partial charge in [-0.05, 0) is 73.2 Å². The van der Waals surface area contributed by atoms with E-state index in [-0.39, 0.29) is 12.5 Å². The van der Waals surface area contributed by atoms with Gasteiger partial charge in [0.2, 0.25) is 10.0 Å². The fourth-order valence-electron chi connectivity index (χ4n) is 3.45. The minimum atomic E-state index is -3.46. The molecule has 0 radical (unpaired) electrons. The molecular weight excluding hydrogens is 420 g/mol. The molecule has 0 aliphatic carbocycles. The lowest BCUT2D eigenvalue weighted by molar-refractivity contribution is 0.0953. The zero-order valence-electron chi connectivity index (χ0n) is 18.8. The third kappa shape index (κ3) is 6.44. The lowest BCUT2D eigenvalue weighted by Gasteiger charge is -2.23. The number of benzene rings is 3. The van der Waals surface area contributed by atoms with Crippen LogP contribution < -0.4 is 9.62 Å². The van der Waals surface area contributed by atoms with Crippen LogP contribution in [0.2, 0.25) is 0 Å². The van der Waals surface area contributed by atoms with Crippen molar-refractivity contribution in [3.63, 3.8) is 0 Å². The first-order valence-electron chi connectivity index (χ1n) is 10.7. The van der Waals surface area contributed by atoms with Gasteiger partial charge in [0.25, 0.3) is 5.91 Å². The topological polar surface area (TPSA) is 66.5 Å². The zero-order valence-corrected chi connectivity index (χ0v) is 19.7. The number of hydrogen-bond donors (Lipinski definition) is 1. The van der Waals surface area contributed by atoms with Gasteiger partial charge in [-0.1, -0.05) is 48.5 Å². The molecule has 168 valence electrons. The first kappa shape index (κ1) is 23.5. The summed E-state index contributed by atoms with van der Waals surface area (Å²) in [6.45, 7) is 4.77. The van der Waals surface area contributed by atoms with Crippen molar-refractivity contribution < 1.29 is 13.2 Å². The van der Waals surface area contributed by atoms with Crippen molar-refractivity contribution in [2.45, 2.75) is 33.2 Å². The monoisotopic (exact) mass is 450 g/mol. The second-order valence-electron chi connectivity index (χ2n) is 8.08. The van der Waals surface area contributed by atoms with E-state index in [4.69, 9.17) is 0 Å². The van der Waals surface area contributed by atoms with Crippen LogP contribution in [-0.2, 0) is 23.0 Å². The molecule has 0 aliphatic heterocycles. The van der Waals surface area contributed by atoms with Gasteiger partial charge in [0.05, 0.1) is 18.5 Å². The van der Waals surface area contributed by atoms with Gasteiger partial charge < -0.3 is 5.32 Å². The number of nitrogens with zero attached hydrogens (tertiary/aromatic N) is 1. The van der Waals surface area contributed by atoms with Crippen molar-refractivity contribution in [1.82, 2.24) is 5.32 Å². The van der Waals surface area contributed by atoms with Crippen LogP contribution in [0.5, 0.6) is 0 Å². The molecule has 3 rings (SSSR count). The Morgan fingerprint density at radius 3 is 2.19 bits per heavy atom. The molecule has 5 nitrogen and oxygen atoms in total. The van der Waals surface area contributed by atoms with E-state index >= 15 is 0 Å². The summed E-state index contributed by atoms with van der Waals surface area (Å²) in [6, 6.07) is 22.9. The number of carbonyl (C=O) groups is 1. The highest BCUT2D eigenvalue weighted by atomic mass is 32.2. The lowest BCUT2D eigenvalue weighted by Crippen LogP contribution is -2.29. The third-order valence-corrected chi connectivity index (χ3v) is 6.63. The smallest absolute Gasteiger partial charge is 0.251 e. The van der Waals surface area contributed by atoms with Gasteiger partial charge in [-0.25, -0.2) is 8.42 Å². The van der Waals surface area contributed by atoms with Crippen molar-refractivity contribution in [3.05, 3.63) is 101 Å². The average molecular weight is 451 g/mol. The fourth-order valence-corrected chi connectivity index (χ4v) is 4.33. The molecule has 0 saturated heterocycles. The molecule has 0 spiro atoms. The first-order chi connectivity index (χ1) is 15.2. The summed E-state index contributed by atoms with van der Waals surface area (Å²) in [5, 5.41) is 2.95. The summed E-state index contributed by atoms with van der Waals surface area (Å²) in [7, 11) is -3.46. The van der Waals surface area contributed by atoms with E-state index in [1.165, 1.54) is 16.1 Å². The molecule has 1 amide bonds. The number of anilines is 1. The number of carbonyl (C=O) groups excluding carboxylic acids is 1. The predicted octanol–water partition coefficient (Wildman–Crippen LogP) is 4.63. The van der Waals surface area contributed by atoms with Crippen LogP contribution in [0.15, 0.2) is 72.8 Å². The molecule has 0 atom stereocenters. The number of nitrogens with one attached hydrogen (secondary N) is 1. The van der Waals surface area contributed by atoms with Crippen LogP contribution in [0.3, 0.4) is 0 Å². The minimum absolute atomic E-state index is 0.126. The summed E-state index contributed by atoms with van der Waals surface area (Å²) in [5.74, 6) is -0.126. The number of aryl methyl sites for hydroxylation is 3. The summed E-state index contributed by atoms with van der Waals surface area (Å²) in [5.41, 5.74) is 5.41. The average Bonchev–Trinajstić information content (AvgIpc) is 2.77. The van der Waals surface area contributed by atoms with Crippen molar-refractivity contribution in [3.8, 4) is 0 Å². The van der Waals surface area contributed by atoms with E-state index in [2.05, 4.69) is 17.4 Å². The van der Waals surface area contributed by atoms with Gasteiger partial charge in [-0.3, -0.25) is 9.10 Å². The molecule has 0 unspecified atom stereocenters. The molecule has 0 aliphatic rings. The second kappa shape index (κ2) is 10.5. The van der Waals surface area contributed by atoms with E-state index in [0.717, 1.165) is 29.5 Å². The number of sulfonamides is 1. The molecular formula is C26H30N2O3S. The van der Waals surface area contributed by atoms with E-state index in [0.29, 0.717) is 17.8 Å². The molecule has 1 N–H and O–H groups in total. The SMILES string of the molecule is Cc1ccc(N(Cc2ccc(C(=O)NCCCc3ccccc3)cc2)S(C)(=O)=O)cc1C. The zero-order chi connectivity index (χ0) is 23.1. The highest BCUT2D eigenvalue weighted by Crippen LogP contribution is 2.23. The third-order valence-electron chi connectivity index (χ3n) is 5.49. The molecule has 3 aromatic carbocycles. The van der Waals surface area contributed by atoms with Gasteiger partial charge in [0.1, 0.15) is 0 Å². The van der Waals surface area contributed by atoms with Crippen LogP contribution in [0.1, 0.15) is 39.0 Å². The maximum absolute atomic E-state index is 12.4. The number of hydrogen-bond acceptors (Lipinski definition) is 3. The minimum Gasteiger partial charge on any atom is -0.352 e. The quantitative estimate of drug-likeness (QED) is 0.483. The van der Waals surface area contributed by atoms with E-state index < -0.39 is 10.0 Å². The Balaban J connectivity index is 1.60. The van der Waals surface area contributed by atoms with Crippen molar-refractivity contribution in [2.24, 2.45) is 0 Å². The van der Waals surface area contributed by atoms with E-state index in [1.54, 1.807) is 24.3 Å². The molecule has 32 heavy (non-hydrogen) atoms. The Bertz CT molecular complexity index is 1160. The standard InChI is InChI=1S/C26H30N2O3S/c1-20-11-16-25(18-21(20)2)28(32(3,30)31)19-23-12-14-24(15-13-23)26(29)27-17-7-10-22-8-5-4-6-9-22/h4-6,8-9,11-16,18H,7,10,17,19H2,1-3H3,(H,27,29). The molecule has 0 heterocycles. The molecule has 0 saturated carbocycles. The van der Waals surface area contributed by atoms with Crippen LogP contribution in [0.4, 0.5) is 5.69 Å². The predicted molar refractivity (Wildman–Crippen MR) is 130 cm³/mol. The van der Waals surface area contributed by atoms with Crippen molar-refractivity contribution in [1.29, 1.82) is 0 Å². The van der Waals surface area contributed by atoms with Gasteiger partial charge in [-0.2, -0.15) is 0 Å². The summed E-state index contributed by atoms with van der Waals surface area (Å²) in [6.07, 6.45) is 2.99. The van der Waals surface area contributed by atoms with Crippen LogP contribution in [0.25, 0.3) is 0 Å². The van der Waals surface area contributed by atoms with Crippen LogP contribution in [0, 0.1) is 13.8 Å².